The van der Waals surface area contributed by atoms with Crippen molar-refractivity contribution in [1.82, 2.24) is 5.32 Å². The van der Waals surface area contributed by atoms with Gasteiger partial charge in [0.1, 0.15) is 0 Å². The molecule has 2 rings (SSSR count). The summed E-state index contributed by atoms with van der Waals surface area (Å²) in [5.41, 5.74) is 0. The minimum absolute atomic E-state index is 0.962. The first-order chi connectivity index (χ1) is 4.47. The lowest BCUT2D eigenvalue weighted by molar-refractivity contribution is 0.438. The van der Waals surface area contributed by atoms with Crippen LogP contribution in [-0.4, -0.2) is 24.6 Å². The summed E-state index contributed by atoms with van der Waals surface area (Å²) in [4.78, 5) is 0. The Morgan fingerprint density at radius 2 is 2.11 bits per heavy atom. The molecule has 2 fully saturated rings. The highest BCUT2D eigenvalue weighted by molar-refractivity contribution is 7.99. The number of rotatable bonds is 0. The summed E-state index contributed by atoms with van der Waals surface area (Å²) in [6.45, 7) is 2.34. The van der Waals surface area contributed by atoms with Crippen LogP contribution < -0.4 is 5.32 Å². The van der Waals surface area contributed by atoms with E-state index in [0.29, 0.717) is 0 Å². The van der Waals surface area contributed by atoms with Crippen LogP contribution in [0.15, 0.2) is 0 Å². The lowest BCUT2D eigenvalue weighted by Crippen LogP contribution is -2.20. The molecule has 2 heterocycles. The molecule has 0 saturated carbocycles. The Kier molecular flexibility index (Phi) is 1.68. The molecule has 2 aliphatic heterocycles. The second kappa shape index (κ2) is 2.51. The number of fused-ring (bicyclic) bond motifs is 1. The average Bonchev–Trinajstić information content (AvgIpc) is 2.33. The van der Waals surface area contributed by atoms with Gasteiger partial charge in [-0.2, -0.15) is 11.8 Å². The zero-order chi connectivity index (χ0) is 6.10. The quantitative estimate of drug-likeness (QED) is 0.491. The van der Waals surface area contributed by atoms with Crippen molar-refractivity contribution < 1.29 is 0 Å². The first kappa shape index (κ1) is 6.05. The smallest absolute Gasteiger partial charge is 0.0172 e. The topological polar surface area (TPSA) is 14.1 Å². The molecule has 2 atom stereocenters. The second-order valence-electron chi connectivity index (χ2n) is 2.97. The van der Waals surface area contributed by atoms with Crippen molar-refractivity contribution >= 4 is 11.8 Å². The van der Waals surface area contributed by atoms with Crippen LogP contribution >= 0.6 is 11.8 Å². The molecule has 0 bridgehead atoms. The third-order valence-corrected chi connectivity index (χ3v) is 3.55. The maximum Gasteiger partial charge on any atom is 0.0172 e. The van der Waals surface area contributed by atoms with Crippen LogP contribution in [0.1, 0.15) is 6.42 Å². The Morgan fingerprint density at radius 3 is 3.00 bits per heavy atom. The van der Waals surface area contributed by atoms with Gasteiger partial charge in [-0.05, 0) is 29.8 Å². The van der Waals surface area contributed by atoms with Gasteiger partial charge < -0.3 is 0 Å². The normalized spacial score (nSPS) is 42.7. The van der Waals surface area contributed by atoms with E-state index in [1.165, 1.54) is 24.5 Å². The van der Waals surface area contributed by atoms with Gasteiger partial charge in [-0.15, -0.1) is 0 Å². The summed E-state index contributed by atoms with van der Waals surface area (Å²) >= 11 is 2.11. The fraction of sp³-hybridized carbons (Fsp3) is 1.00. The standard InChI is InChI=1S/C7H12NS/c1-2-9-5-7-4-8-3-6(1)7/h6-7H,1-5H2. The third-order valence-electron chi connectivity index (χ3n) is 2.36. The van der Waals surface area contributed by atoms with Crippen LogP contribution in [0.5, 0.6) is 0 Å². The number of nitrogens with zero attached hydrogens (tertiary/aromatic N) is 1. The molecule has 0 spiro atoms. The molecule has 2 heteroatoms. The van der Waals surface area contributed by atoms with E-state index in [0.717, 1.165) is 18.4 Å². The lowest BCUT2D eigenvalue weighted by Gasteiger charge is -2.22. The number of hydrogen-bond acceptors (Lipinski definition) is 1. The first-order valence-electron chi connectivity index (χ1n) is 3.68. The van der Waals surface area contributed by atoms with Gasteiger partial charge in [-0.25, -0.2) is 5.32 Å². The molecule has 1 radical (unpaired) electrons. The molecule has 0 aromatic rings. The van der Waals surface area contributed by atoms with Crippen molar-refractivity contribution in [2.75, 3.05) is 24.6 Å². The van der Waals surface area contributed by atoms with E-state index in [-0.39, 0.29) is 0 Å². The van der Waals surface area contributed by atoms with Gasteiger partial charge in [0.25, 0.3) is 0 Å². The fourth-order valence-corrected chi connectivity index (χ4v) is 3.01. The monoisotopic (exact) mass is 142 g/mol. The van der Waals surface area contributed by atoms with Crippen LogP contribution in [0.4, 0.5) is 0 Å². The van der Waals surface area contributed by atoms with Gasteiger partial charge in [0.05, 0.1) is 0 Å². The van der Waals surface area contributed by atoms with Gasteiger partial charge in [0, 0.05) is 13.1 Å². The summed E-state index contributed by atoms with van der Waals surface area (Å²) in [5, 5.41) is 4.41. The van der Waals surface area contributed by atoms with E-state index in [4.69, 9.17) is 0 Å². The molecule has 0 aromatic heterocycles. The van der Waals surface area contributed by atoms with Crippen molar-refractivity contribution in [2.45, 2.75) is 6.42 Å². The Hall–Kier alpha value is 0.310. The molecule has 51 valence electrons. The van der Waals surface area contributed by atoms with Gasteiger partial charge in [0.15, 0.2) is 0 Å². The molecule has 0 aliphatic carbocycles. The van der Waals surface area contributed by atoms with E-state index in [1.54, 1.807) is 0 Å². The maximum atomic E-state index is 4.41. The van der Waals surface area contributed by atoms with Crippen molar-refractivity contribution in [3.05, 3.63) is 0 Å². The van der Waals surface area contributed by atoms with E-state index in [2.05, 4.69) is 17.1 Å². The van der Waals surface area contributed by atoms with Gasteiger partial charge in [0.2, 0.25) is 0 Å². The van der Waals surface area contributed by atoms with E-state index >= 15 is 0 Å². The SMILES string of the molecule is C1CC2C[N]CC2CS1. The molecule has 0 aromatic carbocycles. The minimum atomic E-state index is 0.962. The number of thioether (sulfide) groups is 1. The van der Waals surface area contributed by atoms with E-state index in [1.807, 2.05) is 0 Å². The predicted octanol–water partition coefficient (Wildman–Crippen LogP) is 0.974. The summed E-state index contributed by atoms with van der Waals surface area (Å²) in [6.07, 6.45) is 1.43. The van der Waals surface area contributed by atoms with Gasteiger partial charge in [-0.1, -0.05) is 0 Å². The zero-order valence-corrected chi connectivity index (χ0v) is 6.36. The summed E-state index contributed by atoms with van der Waals surface area (Å²) in [5.74, 6) is 4.71. The van der Waals surface area contributed by atoms with Crippen LogP contribution in [0.25, 0.3) is 0 Å². The van der Waals surface area contributed by atoms with Crippen LogP contribution in [0.2, 0.25) is 0 Å². The van der Waals surface area contributed by atoms with Crippen LogP contribution in [-0.2, 0) is 0 Å². The van der Waals surface area contributed by atoms with Crippen LogP contribution in [0, 0.1) is 11.8 Å². The molecule has 1 nitrogen and oxygen atoms in total. The van der Waals surface area contributed by atoms with Crippen LogP contribution in [0.3, 0.4) is 0 Å². The Bertz CT molecular complexity index is 93.1. The van der Waals surface area contributed by atoms with Gasteiger partial charge in [-0.3, -0.25) is 0 Å². The highest BCUT2D eigenvalue weighted by Gasteiger charge is 2.29. The Labute approximate surface area is 60.6 Å². The van der Waals surface area contributed by atoms with Crippen molar-refractivity contribution in [3.8, 4) is 0 Å². The second-order valence-corrected chi connectivity index (χ2v) is 4.12. The van der Waals surface area contributed by atoms with Gasteiger partial charge >= 0.3 is 0 Å². The summed E-state index contributed by atoms with van der Waals surface area (Å²) in [7, 11) is 0. The maximum absolute atomic E-state index is 4.41. The highest BCUT2D eigenvalue weighted by Crippen LogP contribution is 2.31. The molecule has 2 saturated heterocycles. The zero-order valence-electron chi connectivity index (χ0n) is 5.55. The fourth-order valence-electron chi connectivity index (χ4n) is 1.69. The first-order valence-corrected chi connectivity index (χ1v) is 4.83. The minimum Gasteiger partial charge on any atom is -0.241 e. The molecule has 0 amide bonds. The molecule has 2 unspecified atom stereocenters. The summed E-state index contributed by atoms with van der Waals surface area (Å²) in [6, 6.07) is 0. The number of hydrogen-bond donors (Lipinski definition) is 0. The Morgan fingerprint density at radius 1 is 1.22 bits per heavy atom. The Balaban J connectivity index is 1.97. The predicted molar refractivity (Wildman–Crippen MR) is 40.8 cm³/mol. The largest absolute Gasteiger partial charge is 0.241 e. The van der Waals surface area contributed by atoms with E-state index < -0.39 is 0 Å². The van der Waals surface area contributed by atoms with E-state index in [9.17, 15) is 0 Å². The molecule has 0 N–H and O–H groups in total. The highest BCUT2D eigenvalue weighted by atomic mass is 32.2. The summed E-state index contributed by atoms with van der Waals surface area (Å²) < 4.78 is 0. The van der Waals surface area contributed by atoms with Crippen molar-refractivity contribution in [3.63, 3.8) is 0 Å². The van der Waals surface area contributed by atoms with Crippen molar-refractivity contribution in [2.24, 2.45) is 11.8 Å². The lowest BCUT2D eigenvalue weighted by atomic mass is 9.95. The molecule has 9 heavy (non-hydrogen) atoms. The molecular weight excluding hydrogens is 130 g/mol. The molecular formula is C7H12NS. The third kappa shape index (κ3) is 1.10. The average molecular weight is 142 g/mol. The van der Waals surface area contributed by atoms with Crippen molar-refractivity contribution in [1.29, 1.82) is 0 Å². The molecule has 2 aliphatic rings.